The lowest BCUT2D eigenvalue weighted by Crippen LogP contribution is -2.27. The molecule has 0 saturated heterocycles. The molecule has 0 spiro atoms. The van der Waals surface area contributed by atoms with Crippen LogP contribution in [0.5, 0.6) is 5.75 Å². The van der Waals surface area contributed by atoms with Crippen LogP contribution in [0.4, 0.5) is 0 Å². The van der Waals surface area contributed by atoms with Gasteiger partial charge in [0.25, 0.3) is 0 Å². The van der Waals surface area contributed by atoms with Crippen molar-refractivity contribution in [3.8, 4) is 5.75 Å². The fourth-order valence-electron chi connectivity index (χ4n) is 2.71. The molecular formula is C18H30O4S. The Kier molecular flexibility index (Phi) is 9.26. The Morgan fingerprint density at radius 1 is 0.957 bits per heavy atom. The maximum atomic E-state index is 11.6. The number of hydrogen-bond donors (Lipinski definition) is 1. The van der Waals surface area contributed by atoms with Gasteiger partial charge < -0.3 is 4.74 Å². The fraction of sp³-hybridized carbons (Fsp3) is 0.667. The summed E-state index contributed by atoms with van der Waals surface area (Å²) in [6, 6.07) is 8.79. The van der Waals surface area contributed by atoms with Gasteiger partial charge >= 0.3 is 10.1 Å². The molecule has 0 heterocycles. The van der Waals surface area contributed by atoms with E-state index in [0.29, 0.717) is 18.1 Å². The van der Waals surface area contributed by atoms with Gasteiger partial charge in [-0.15, -0.1) is 0 Å². The van der Waals surface area contributed by atoms with Crippen molar-refractivity contribution in [2.24, 2.45) is 5.92 Å². The van der Waals surface area contributed by atoms with E-state index in [0.717, 1.165) is 44.9 Å². The SMILES string of the molecule is CCCCC(CCCC)CCC(Oc1ccccc1)S(=O)(=O)O. The van der Waals surface area contributed by atoms with Crippen LogP contribution in [0, 0.1) is 5.92 Å². The van der Waals surface area contributed by atoms with Crippen LogP contribution in [-0.4, -0.2) is 18.4 Å². The van der Waals surface area contributed by atoms with Crippen LogP contribution in [0.2, 0.25) is 0 Å². The van der Waals surface area contributed by atoms with Gasteiger partial charge in [0, 0.05) is 6.42 Å². The van der Waals surface area contributed by atoms with E-state index < -0.39 is 15.6 Å². The zero-order valence-corrected chi connectivity index (χ0v) is 15.1. The lowest BCUT2D eigenvalue weighted by atomic mass is 9.92. The van der Waals surface area contributed by atoms with Gasteiger partial charge in [-0.3, -0.25) is 4.55 Å². The number of para-hydroxylation sites is 1. The van der Waals surface area contributed by atoms with E-state index >= 15 is 0 Å². The molecule has 0 aliphatic carbocycles. The molecule has 0 aliphatic rings. The van der Waals surface area contributed by atoms with Gasteiger partial charge in [0.15, 0.2) is 0 Å². The van der Waals surface area contributed by atoms with Crippen molar-refractivity contribution in [1.82, 2.24) is 0 Å². The number of benzene rings is 1. The van der Waals surface area contributed by atoms with Crippen LogP contribution in [0.25, 0.3) is 0 Å². The van der Waals surface area contributed by atoms with Crippen LogP contribution >= 0.6 is 0 Å². The van der Waals surface area contributed by atoms with Crippen LogP contribution in [0.1, 0.15) is 65.2 Å². The summed E-state index contributed by atoms with van der Waals surface area (Å²) in [6.07, 6.45) is 7.91. The molecule has 1 N–H and O–H groups in total. The Hall–Kier alpha value is -1.07. The van der Waals surface area contributed by atoms with E-state index in [4.69, 9.17) is 4.74 Å². The molecule has 1 atom stereocenters. The molecule has 0 aromatic heterocycles. The lowest BCUT2D eigenvalue weighted by Gasteiger charge is -2.20. The van der Waals surface area contributed by atoms with Gasteiger partial charge in [0.1, 0.15) is 5.75 Å². The highest BCUT2D eigenvalue weighted by atomic mass is 32.2. The van der Waals surface area contributed by atoms with Crippen LogP contribution in [0.3, 0.4) is 0 Å². The minimum absolute atomic E-state index is 0.325. The van der Waals surface area contributed by atoms with Crippen LogP contribution < -0.4 is 4.74 Å². The van der Waals surface area contributed by atoms with Crippen molar-refractivity contribution in [2.75, 3.05) is 0 Å². The lowest BCUT2D eigenvalue weighted by molar-refractivity contribution is 0.228. The first-order valence-electron chi connectivity index (χ1n) is 8.65. The number of unbranched alkanes of at least 4 members (excludes halogenated alkanes) is 2. The van der Waals surface area contributed by atoms with Crippen molar-refractivity contribution >= 4 is 10.1 Å². The summed E-state index contributed by atoms with van der Waals surface area (Å²) < 4.78 is 38.2. The third-order valence-electron chi connectivity index (χ3n) is 4.09. The molecule has 0 saturated carbocycles. The average molecular weight is 343 g/mol. The van der Waals surface area contributed by atoms with Crippen molar-refractivity contribution < 1.29 is 17.7 Å². The largest absolute Gasteiger partial charge is 0.472 e. The average Bonchev–Trinajstić information content (AvgIpc) is 2.52. The molecule has 5 heteroatoms. The highest BCUT2D eigenvalue weighted by Gasteiger charge is 2.26. The zero-order valence-electron chi connectivity index (χ0n) is 14.3. The van der Waals surface area contributed by atoms with E-state index in [1.54, 1.807) is 24.3 Å². The van der Waals surface area contributed by atoms with Gasteiger partial charge in [-0.1, -0.05) is 70.6 Å². The second-order valence-corrected chi connectivity index (χ2v) is 7.66. The van der Waals surface area contributed by atoms with Gasteiger partial charge in [-0.25, -0.2) is 0 Å². The topological polar surface area (TPSA) is 63.6 Å². The van der Waals surface area contributed by atoms with Crippen LogP contribution in [0.15, 0.2) is 30.3 Å². The molecule has 23 heavy (non-hydrogen) atoms. The third kappa shape index (κ3) is 8.37. The number of ether oxygens (including phenoxy) is 1. The molecule has 1 unspecified atom stereocenters. The Morgan fingerprint density at radius 3 is 2.00 bits per heavy atom. The minimum Gasteiger partial charge on any atom is -0.472 e. The molecular weight excluding hydrogens is 312 g/mol. The van der Waals surface area contributed by atoms with E-state index in [-0.39, 0.29) is 0 Å². The second-order valence-electron chi connectivity index (χ2n) is 6.10. The molecule has 0 aliphatic heterocycles. The number of rotatable bonds is 12. The highest BCUT2D eigenvalue weighted by molar-refractivity contribution is 7.86. The molecule has 0 fully saturated rings. The third-order valence-corrected chi connectivity index (χ3v) is 5.08. The van der Waals surface area contributed by atoms with E-state index in [1.165, 1.54) is 0 Å². The summed E-state index contributed by atoms with van der Waals surface area (Å²) in [6.45, 7) is 4.33. The zero-order chi connectivity index (χ0) is 17.1. The summed E-state index contributed by atoms with van der Waals surface area (Å²) >= 11 is 0. The molecule has 132 valence electrons. The van der Waals surface area contributed by atoms with Gasteiger partial charge in [-0.05, 0) is 24.5 Å². The molecule has 0 amide bonds. The Balaban J connectivity index is 2.64. The first kappa shape index (κ1) is 20.0. The van der Waals surface area contributed by atoms with Crippen molar-refractivity contribution in [2.45, 2.75) is 70.7 Å². The fourth-order valence-corrected chi connectivity index (χ4v) is 3.38. The first-order chi connectivity index (χ1) is 11.0. The summed E-state index contributed by atoms with van der Waals surface area (Å²) in [5, 5.41) is 0. The van der Waals surface area contributed by atoms with Crippen LogP contribution in [-0.2, 0) is 10.1 Å². The summed E-state index contributed by atoms with van der Waals surface area (Å²) in [5.41, 5.74) is -1.18. The normalized spacial score (nSPS) is 13.2. The first-order valence-corrected chi connectivity index (χ1v) is 10.2. The summed E-state index contributed by atoms with van der Waals surface area (Å²) in [5.74, 6) is 0.965. The quantitative estimate of drug-likeness (QED) is 0.539. The van der Waals surface area contributed by atoms with E-state index in [2.05, 4.69) is 13.8 Å². The smallest absolute Gasteiger partial charge is 0.303 e. The molecule has 4 nitrogen and oxygen atoms in total. The van der Waals surface area contributed by atoms with E-state index in [9.17, 15) is 13.0 Å². The molecule has 0 radical (unpaired) electrons. The second kappa shape index (κ2) is 10.7. The maximum absolute atomic E-state index is 11.6. The van der Waals surface area contributed by atoms with Gasteiger partial charge in [-0.2, -0.15) is 8.42 Å². The summed E-state index contributed by atoms with van der Waals surface area (Å²) in [4.78, 5) is 0. The minimum atomic E-state index is -4.22. The standard InChI is InChI=1S/C18H30O4S/c1-3-5-10-16(11-6-4-2)14-15-18(23(19,20)21)22-17-12-8-7-9-13-17/h7-9,12-13,16,18H,3-6,10-11,14-15H2,1-2H3,(H,19,20,21). The Morgan fingerprint density at radius 2 is 1.52 bits per heavy atom. The monoisotopic (exact) mass is 342 g/mol. The number of hydrogen-bond acceptors (Lipinski definition) is 3. The predicted molar refractivity (Wildman–Crippen MR) is 94.2 cm³/mol. The Labute approximate surface area is 141 Å². The Bertz CT molecular complexity index is 505. The molecule has 1 rings (SSSR count). The molecule has 1 aromatic carbocycles. The van der Waals surface area contributed by atoms with Crippen molar-refractivity contribution in [1.29, 1.82) is 0 Å². The predicted octanol–water partition coefficient (Wildman–Crippen LogP) is 5.06. The van der Waals surface area contributed by atoms with Crippen molar-refractivity contribution in [3.05, 3.63) is 30.3 Å². The summed E-state index contributed by atoms with van der Waals surface area (Å²) in [7, 11) is -4.22. The van der Waals surface area contributed by atoms with Crippen molar-refractivity contribution in [3.63, 3.8) is 0 Å². The van der Waals surface area contributed by atoms with E-state index in [1.807, 2.05) is 6.07 Å². The highest BCUT2D eigenvalue weighted by Crippen LogP contribution is 2.25. The van der Waals surface area contributed by atoms with Gasteiger partial charge in [0.05, 0.1) is 0 Å². The maximum Gasteiger partial charge on any atom is 0.303 e. The van der Waals surface area contributed by atoms with Gasteiger partial charge in [0.2, 0.25) is 5.44 Å². The molecule has 1 aromatic rings. The molecule has 0 bridgehead atoms.